The molecule has 0 radical (unpaired) electrons. The van der Waals surface area contributed by atoms with E-state index in [1.165, 1.54) is 0 Å². The summed E-state index contributed by atoms with van der Waals surface area (Å²) >= 11 is 0. The van der Waals surface area contributed by atoms with Crippen LogP contribution in [0.15, 0.2) is 0 Å². The maximum atomic E-state index is 12.8. The molecule has 7 nitrogen and oxygen atoms in total. The largest absolute Gasteiger partial charge is 0.342 e. The van der Waals surface area contributed by atoms with Gasteiger partial charge in [0.2, 0.25) is 5.91 Å². The topological polar surface area (TPSA) is 90.5 Å². The maximum absolute atomic E-state index is 12.8. The third-order valence-corrected chi connectivity index (χ3v) is 5.29. The van der Waals surface area contributed by atoms with Crippen molar-refractivity contribution in [2.75, 3.05) is 26.2 Å². The molecule has 4 amide bonds. The van der Waals surface area contributed by atoms with E-state index in [2.05, 4.69) is 22.9 Å². The van der Waals surface area contributed by atoms with Gasteiger partial charge in [0.1, 0.15) is 5.54 Å². The molecule has 3 heterocycles. The van der Waals surface area contributed by atoms with Gasteiger partial charge in [-0.05, 0) is 32.2 Å². The molecule has 0 aromatic carbocycles. The standard InChI is InChI=1S/C14H22N4O3/c1-2-13(3-6-15-9-13)11(20)18-7-4-14(5-8-18)10(19)16-12(21)17-14/h15H,2-9H2,1H3,(H2,16,17,19,21). The predicted octanol–water partition coefficient (Wildman–Crippen LogP) is -0.423. The highest BCUT2D eigenvalue weighted by atomic mass is 16.2. The van der Waals surface area contributed by atoms with Crippen molar-refractivity contribution in [1.29, 1.82) is 0 Å². The van der Waals surface area contributed by atoms with Crippen LogP contribution >= 0.6 is 0 Å². The van der Waals surface area contributed by atoms with E-state index in [9.17, 15) is 14.4 Å². The first-order valence-electron chi connectivity index (χ1n) is 7.65. The van der Waals surface area contributed by atoms with E-state index in [0.717, 1.165) is 25.9 Å². The second kappa shape index (κ2) is 4.98. The number of nitrogens with zero attached hydrogens (tertiary/aromatic N) is 1. The average Bonchev–Trinajstić information content (AvgIpc) is 3.06. The lowest BCUT2D eigenvalue weighted by molar-refractivity contribution is -0.144. The fourth-order valence-electron chi connectivity index (χ4n) is 3.69. The molecular weight excluding hydrogens is 272 g/mol. The predicted molar refractivity (Wildman–Crippen MR) is 75.4 cm³/mol. The highest BCUT2D eigenvalue weighted by Crippen LogP contribution is 2.34. The number of hydrogen-bond acceptors (Lipinski definition) is 4. The molecule has 0 aliphatic carbocycles. The van der Waals surface area contributed by atoms with Crippen molar-refractivity contribution >= 4 is 17.8 Å². The molecule has 1 spiro atoms. The summed E-state index contributed by atoms with van der Waals surface area (Å²) in [7, 11) is 0. The van der Waals surface area contributed by atoms with Gasteiger partial charge in [-0.2, -0.15) is 0 Å². The van der Waals surface area contributed by atoms with Crippen LogP contribution in [0.5, 0.6) is 0 Å². The fourth-order valence-corrected chi connectivity index (χ4v) is 3.69. The van der Waals surface area contributed by atoms with Gasteiger partial charge in [-0.25, -0.2) is 4.79 Å². The van der Waals surface area contributed by atoms with Gasteiger partial charge in [-0.15, -0.1) is 0 Å². The molecule has 3 aliphatic rings. The third kappa shape index (κ3) is 2.19. The number of carbonyl (C=O) groups excluding carboxylic acids is 3. The second-order valence-electron chi connectivity index (χ2n) is 6.34. The number of imide groups is 1. The summed E-state index contributed by atoms with van der Waals surface area (Å²) in [6, 6.07) is -0.426. The van der Waals surface area contributed by atoms with Gasteiger partial charge >= 0.3 is 6.03 Å². The van der Waals surface area contributed by atoms with E-state index in [4.69, 9.17) is 0 Å². The Balaban J connectivity index is 1.67. The van der Waals surface area contributed by atoms with Crippen molar-refractivity contribution in [1.82, 2.24) is 20.9 Å². The summed E-state index contributed by atoms with van der Waals surface area (Å²) < 4.78 is 0. The molecule has 0 saturated carbocycles. The summed E-state index contributed by atoms with van der Waals surface area (Å²) in [6.07, 6.45) is 2.69. The van der Waals surface area contributed by atoms with Crippen molar-refractivity contribution < 1.29 is 14.4 Å². The number of piperidine rings is 1. The molecule has 3 rings (SSSR count). The van der Waals surface area contributed by atoms with Crippen LogP contribution in [0.3, 0.4) is 0 Å². The van der Waals surface area contributed by atoms with Crippen LogP contribution in [0.1, 0.15) is 32.6 Å². The summed E-state index contributed by atoms with van der Waals surface area (Å²) in [4.78, 5) is 37.9. The van der Waals surface area contributed by atoms with Gasteiger partial charge in [0.25, 0.3) is 5.91 Å². The Morgan fingerprint density at radius 2 is 1.95 bits per heavy atom. The molecule has 21 heavy (non-hydrogen) atoms. The minimum Gasteiger partial charge on any atom is -0.342 e. The monoisotopic (exact) mass is 294 g/mol. The number of urea groups is 1. The molecule has 3 saturated heterocycles. The Bertz CT molecular complexity index is 477. The molecule has 1 unspecified atom stereocenters. The van der Waals surface area contributed by atoms with Crippen molar-refractivity contribution in [3.8, 4) is 0 Å². The minimum absolute atomic E-state index is 0.189. The summed E-state index contributed by atoms with van der Waals surface area (Å²) in [5.41, 5.74) is -1.09. The zero-order chi connectivity index (χ0) is 15.1. The highest BCUT2D eigenvalue weighted by molar-refractivity contribution is 6.07. The molecule has 3 N–H and O–H groups in total. The maximum Gasteiger partial charge on any atom is 0.322 e. The van der Waals surface area contributed by atoms with Gasteiger partial charge in [0, 0.05) is 19.6 Å². The lowest BCUT2D eigenvalue weighted by atomic mass is 9.81. The molecule has 3 fully saturated rings. The zero-order valence-electron chi connectivity index (χ0n) is 12.3. The van der Waals surface area contributed by atoms with E-state index in [1.807, 2.05) is 4.90 Å². The summed E-state index contributed by atoms with van der Waals surface area (Å²) in [5.74, 6) is -0.0677. The van der Waals surface area contributed by atoms with Gasteiger partial charge in [0.15, 0.2) is 0 Å². The van der Waals surface area contributed by atoms with Crippen LogP contribution in [0.25, 0.3) is 0 Å². The van der Waals surface area contributed by atoms with Gasteiger partial charge in [-0.3, -0.25) is 14.9 Å². The molecule has 0 aromatic rings. The number of rotatable bonds is 2. The van der Waals surface area contributed by atoms with E-state index >= 15 is 0 Å². The van der Waals surface area contributed by atoms with Crippen molar-refractivity contribution in [2.45, 2.75) is 38.1 Å². The lowest BCUT2D eigenvalue weighted by Gasteiger charge is -2.40. The molecular formula is C14H22N4O3. The molecule has 116 valence electrons. The smallest absolute Gasteiger partial charge is 0.322 e. The van der Waals surface area contributed by atoms with Crippen LogP contribution < -0.4 is 16.0 Å². The Morgan fingerprint density at radius 3 is 2.43 bits per heavy atom. The number of amides is 4. The Hall–Kier alpha value is -1.63. The quantitative estimate of drug-likeness (QED) is 0.603. The Morgan fingerprint density at radius 1 is 1.24 bits per heavy atom. The Kier molecular flexibility index (Phi) is 3.39. The van der Waals surface area contributed by atoms with E-state index in [1.54, 1.807) is 0 Å². The van der Waals surface area contributed by atoms with Crippen LogP contribution in [0, 0.1) is 5.41 Å². The van der Waals surface area contributed by atoms with Crippen molar-refractivity contribution in [3.63, 3.8) is 0 Å². The average molecular weight is 294 g/mol. The lowest BCUT2D eigenvalue weighted by Crippen LogP contribution is -2.57. The first-order chi connectivity index (χ1) is 10.0. The second-order valence-corrected chi connectivity index (χ2v) is 6.34. The van der Waals surface area contributed by atoms with Crippen molar-refractivity contribution in [2.24, 2.45) is 5.41 Å². The first-order valence-corrected chi connectivity index (χ1v) is 7.65. The normalized spacial score (nSPS) is 31.4. The number of hydrogen-bond donors (Lipinski definition) is 3. The Labute approximate surface area is 123 Å². The van der Waals surface area contributed by atoms with Gasteiger partial charge in [0.05, 0.1) is 5.41 Å². The van der Waals surface area contributed by atoms with Crippen LogP contribution in [0.4, 0.5) is 4.79 Å². The number of likely N-dealkylation sites (tertiary alicyclic amines) is 1. The van der Waals surface area contributed by atoms with E-state index in [0.29, 0.717) is 25.9 Å². The molecule has 0 bridgehead atoms. The van der Waals surface area contributed by atoms with E-state index in [-0.39, 0.29) is 17.2 Å². The van der Waals surface area contributed by atoms with Gasteiger partial charge < -0.3 is 15.5 Å². The van der Waals surface area contributed by atoms with Gasteiger partial charge in [-0.1, -0.05) is 6.92 Å². The van der Waals surface area contributed by atoms with Crippen molar-refractivity contribution in [3.05, 3.63) is 0 Å². The molecule has 7 heteroatoms. The van der Waals surface area contributed by atoms with E-state index < -0.39 is 11.6 Å². The fraction of sp³-hybridized carbons (Fsp3) is 0.786. The summed E-state index contributed by atoms with van der Waals surface area (Å²) in [6.45, 7) is 4.72. The molecule has 0 aromatic heterocycles. The number of carbonyl (C=O) groups is 3. The van der Waals surface area contributed by atoms with Crippen LogP contribution in [-0.4, -0.2) is 54.5 Å². The number of nitrogens with one attached hydrogen (secondary N) is 3. The van der Waals surface area contributed by atoms with Crippen LogP contribution in [-0.2, 0) is 9.59 Å². The highest BCUT2D eigenvalue weighted by Gasteiger charge is 2.50. The van der Waals surface area contributed by atoms with Crippen LogP contribution in [0.2, 0.25) is 0 Å². The first kappa shape index (κ1) is 14.3. The summed E-state index contributed by atoms with van der Waals surface area (Å²) in [5, 5.41) is 8.29. The molecule has 1 atom stereocenters. The SMILES string of the molecule is CCC1(C(=O)N2CCC3(CC2)NC(=O)NC3=O)CCNC1. The third-order valence-electron chi connectivity index (χ3n) is 5.29. The zero-order valence-corrected chi connectivity index (χ0v) is 12.3. The molecule has 3 aliphatic heterocycles. The minimum atomic E-state index is -0.804.